The monoisotopic (exact) mass is 374 g/mol. The summed E-state index contributed by atoms with van der Waals surface area (Å²) in [5.74, 6) is -0.387. The van der Waals surface area contributed by atoms with E-state index in [0.29, 0.717) is 31.5 Å². The molecule has 0 aromatic heterocycles. The van der Waals surface area contributed by atoms with E-state index >= 15 is 0 Å². The lowest BCUT2D eigenvalue weighted by Gasteiger charge is -2.25. The van der Waals surface area contributed by atoms with Gasteiger partial charge in [0.15, 0.2) is 0 Å². The molecule has 7 heteroatoms. The van der Waals surface area contributed by atoms with Gasteiger partial charge in [-0.1, -0.05) is 12.1 Å². The highest BCUT2D eigenvalue weighted by Gasteiger charge is 2.36. The van der Waals surface area contributed by atoms with Crippen LogP contribution in [-0.4, -0.2) is 25.2 Å². The van der Waals surface area contributed by atoms with Crippen molar-refractivity contribution in [3.63, 3.8) is 0 Å². The van der Waals surface area contributed by atoms with Crippen molar-refractivity contribution in [3.8, 4) is 0 Å². The summed E-state index contributed by atoms with van der Waals surface area (Å²) < 4.78 is 41.1. The minimum atomic E-state index is -3.67. The molecule has 26 heavy (non-hydrogen) atoms. The van der Waals surface area contributed by atoms with Crippen LogP contribution < -0.4 is 5.32 Å². The number of amides is 1. The maximum Gasteiger partial charge on any atom is 0.243 e. The molecule has 2 aliphatic heterocycles. The smallest absolute Gasteiger partial charge is 0.243 e. The molecule has 0 saturated carbocycles. The number of rotatable bonds is 3. The van der Waals surface area contributed by atoms with Gasteiger partial charge in [-0.05, 0) is 60.7 Å². The van der Waals surface area contributed by atoms with Gasteiger partial charge in [0, 0.05) is 18.7 Å². The molecule has 2 aromatic carbocycles. The fourth-order valence-corrected chi connectivity index (χ4v) is 5.44. The molecule has 1 amide bonds. The zero-order valence-electron chi connectivity index (χ0n) is 14.1. The van der Waals surface area contributed by atoms with E-state index in [1.807, 2.05) is 0 Å². The Kier molecular flexibility index (Phi) is 4.28. The number of carbonyl (C=O) groups excluding carboxylic acids is 1. The van der Waals surface area contributed by atoms with Crippen LogP contribution in [0.15, 0.2) is 47.4 Å². The van der Waals surface area contributed by atoms with E-state index in [2.05, 4.69) is 5.32 Å². The second-order valence-electron chi connectivity index (χ2n) is 6.69. The number of halogens is 1. The molecule has 4 rings (SSSR count). The third-order valence-corrected chi connectivity index (χ3v) is 6.94. The first-order valence-electron chi connectivity index (χ1n) is 8.65. The molecule has 2 aliphatic rings. The van der Waals surface area contributed by atoms with Crippen molar-refractivity contribution in [2.24, 2.45) is 0 Å². The van der Waals surface area contributed by atoms with E-state index in [9.17, 15) is 17.6 Å². The number of hydrogen-bond donors (Lipinski definition) is 1. The summed E-state index contributed by atoms with van der Waals surface area (Å²) in [6, 6.07) is 10.6. The van der Waals surface area contributed by atoms with E-state index in [0.717, 1.165) is 17.5 Å². The molecule has 5 nitrogen and oxygen atoms in total. The van der Waals surface area contributed by atoms with Gasteiger partial charge in [0.2, 0.25) is 15.9 Å². The SMILES string of the molecule is O=C1CCc2cc(S(=O)(=O)N3CCCC3c3ccc(F)cc3)ccc2N1. The van der Waals surface area contributed by atoms with Gasteiger partial charge in [0.1, 0.15) is 5.82 Å². The molecule has 1 saturated heterocycles. The molecule has 0 spiro atoms. The zero-order valence-corrected chi connectivity index (χ0v) is 14.9. The number of carbonyl (C=O) groups is 1. The van der Waals surface area contributed by atoms with E-state index < -0.39 is 10.0 Å². The van der Waals surface area contributed by atoms with Gasteiger partial charge in [0.05, 0.1) is 10.9 Å². The molecular formula is C19H19FN2O3S. The van der Waals surface area contributed by atoms with Crippen molar-refractivity contribution in [3.05, 3.63) is 59.4 Å². The quantitative estimate of drug-likeness (QED) is 0.897. The number of aryl methyl sites for hydroxylation is 1. The predicted molar refractivity (Wildman–Crippen MR) is 95.7 cm³/mol. The van der Waals surface area contributed by atoms with Crippen LogP contribution in [0.25, 0.3) is 0 Å². The standard InChI is InChI=1S/C19H19FN2O3S/c20-15-6-3-13(4-7-15)18-2-1-11-22(18)26(24,25)16-8-9-17-14(12-16)5-10-19(23)21-17/h3-4,6-9,12,18H,1-2,5,10-11H2,(H,21,23). The molecule has 1 N–H and O–H groups in total. The maximum atomic E-state index is 13.2. The van der Waals surface area contributed by atoms with Crippen molar-refractivity contribution in [1.29, 1.82) is 0 Å². The Labute approximate surface area is 151 Å². The summed E-state index contributed by atoms with van der Waals surface area (Å²) in [6.07, 6.45) is 2.37. The fraction of sp³-hybridized carbons (Fsp3) is 0.316. The number of nitrogens with zero attached hydrogens (tertiary/aromatic N) is 1. The largest absolute Gasteiger partial charge is 0.326 e. The third kappa shape index (κ3) is 3.01. The Bertz CT molecular complexity index is 957. The first-order chi connectivity index (χ1) is 12.4. The Hall–Kier alpha value is -2.25. The minimum Gasteiger partial charge on any atom is -0.326 e. The number of nitrogens with one attached hydrogen (secondary N) is 1. The van der Waals surface area contributed by atoms with E-state index in [4.69, 9.17) is 0 Å². The first-order valence-corrected chi connectivity index (χ1v) is 10.1. The van der Waals surface area contributed by atoms with Crippen LogP contribution in [0.5, 0.6) is 0 Å². The first kappa shape index (κ1) is 17.2. The predicted octanol–water partition coefficient (Wildman–Crippen LogP) is 3.24. The van der Waals surface area contributed by atoms with Gasteiger partial charge in [-0.3, -0.25) is 4.79 Å². The van der Waals surface area contributed by atoms with E-state index in [-0.39, 0.29) is 22.7 Å². The molecule has 1 atom stereocenters. The van der Waals surface area contributed by atoms with Crippen LogP contribution in [0.2, 0.25) is 0 Å². The number of fused-ring (bicyclic) bond motifs is 1. The summed E-state index contributed by atoms with van der Waals surface area (Å²) in [7, 11) is -3.67. The molecule has 0 aliphatic carbocycles. The maximum absolute atomic E-state index is 13.2. The fourth-order valence-electron chi connectivity index (χ4n) is 3.70. The Morgan fingerprint density at radius 3 is 2.62 bits per heavy atom. The lowest BCUT2D eigenvalue weighted by atomic mass is 10.0. The summed E-state index contributed by atoms with van der Waals surface area (Å²) in [6.45, 7) is 0.443. The van der Waals surface area contributed by atoms with Crippen molar-refractivity contribution in [2.45, 2.75) is 36.6 Å². The average molecular weight is 374 g/mol. The summed E-state index contributed by atoms with van der Waals surface area (Å²) in [5.41, 5.74) is 2.32. The molecule has 136 valence electrons. The second kappa shape index (κ2) is 6.48. The van der Waals surface area contributed by atoms with Gasteiger partial charge in [0.25, 0.3) is 0 Å². The highest BCUT2D eigenvalue weighted by molar-refractivity contribution is 7.89. The number of hydrogen-bond acceptors (Lipinski definition) is 3. The molecule has 1 unspecified atom stereocenters. The average Bonchev–Trinajstić information content (AvgIpc) is 3.12. The molecule has 2 heterocycles. The van der Waals surface area contributed by atoms with Crippen LogP contribution >= 0.6 is 0 Å². The van der Waals surface area contributed by atoms with Crippen molar-refractivity contribution in [2.75, 3.05) is 11.9 Å². The molecule has 0 radical (unpaired) electrons. The highest BCUT2D eigenvalue weighted by atomic mass is 32.2. The summed E-state index contributed by atoms with van der Waals surface area (Å²) in [4.78, 5) is 11.7. The van der Waals surface area contributed by atoms with Crippen LogP contribution in [-0.2, 0) is 21.2 Å². The Morgan fingerprint density at radius 1 is 1.08 bits per heavy atom. The third-order valence-electron chi connectivity index (χ3n) is 5.04. The van der Waals surface area contributed by atoms with Crippen molar-refractivity contribution in [1.82, 2.24) is 4.31 Å². The van der Waals surface area contributed by atoms with Gasteiger partial charge >= 0.3 is 0 Å². The van der Waals surface area contributed by atoms with Crippen molar-refractivity contribution < 1.29 is 17.6 Å². The van der Waals surface area contributed by atoms with Gasteiger partial charge in [-0.2, -0.15) is 4.31 Å². The highest BCUT2D eigenvalue weighted by Crippen LogP contribution is 2.37. The minimum absolute atomic E-state index is 0.0518. The molecule has 2 aromatic rings. The van der Waals surface area contributed by atoms with E-state index in [1.165, 1.54) is 16.4 Å². The van der Waals surface area contributed by atoms with Crippen LogP contribution in [0, 0.1) is 5.82 Å². The lowest BCUT2D eigenvalue weighted by Crippen LogP contribution is -2.31. The van der Waals surface area contributed by atoms with Crippen molar-refractivity contribution >= 4 is 21.6 Å². The Morgan fingerprint density at radius 2 is 1.85 bits per heavy atom. The van der Waals surface area contributed by atoms with Crippen LogP contribution in [0.4, 0.5) is 10.1 Å². The number of anilines is 1. The molecular weight excluding hydrogens is 355 g/mol. The molecule has 1 fully saturated rings. The zero-order chi connectivity index (χ0) is 18.3. The summed E-state index contributed by atoms with van der Waals surface area (Å²) >= 11 is 0. The van der Waals surface area contributed by atoms with Crippen LogP contribution in [0.3, 0.4) is 0 Å². The summed E-state index contributed by atoms with van der Waals surface area (Å²) in [5, 5.41) is 2.77. The second-order valence-corrected chi connectivity index (χ2v) is 8.58. The topological polar surface area (TPSA) is 66.5 Å². The van der Waals surface area contributed by atoms with Gasteiger partial charge in [-0.15, -0.1) is 0 Å². The number of benzene rings is 2. The van der Waals surface area contributed by atoms with E-state index in [1.54, 1.807) is 30.3 Å². The van der Waals surface area contributed by atoms with Gasteiger partial charge in [-0.25, -0.2) is 12.8 Å². The lowest BCUT2D eigenvalue weighted by molar-refractivity contribution is -0.116. The van der Waals surface area contributed by atoms with Crippen LogP contribution in [0.1, 0.15) is 36.4 Å². The van der Waals surface area contributed by atoms with Gasteiger partial charge < -0.3 is 5.32 Å². The molecule has 0 bridgehead atoms. The normalized spacial score (nSPS) is 20.7. The number of sulfonamides is 1. The Balaban J connectivity index is 1.67.